The van der Waals surface area contributed by atoms with Crippen molar-refractivity contribution in [3.63, 3.8) is 0 Å². The first kappa shape index (κ1) is 11.8. The van der Waals surface area contributed by atoms with Gasteiger partial charge >= 0.3 is 5.97 Å². The Kier molecular flexibility index (Phi) is 6.72. The molecule has 2 nitrogen and oxygen atoms in total. The fraction of sp³-hybridized carbons (Fsp3) is 0.545. The first-order valence-electron chi connectivity index (χ1n) is 4.45. The van der Waals surface area contributed by atoms with Crippen molar-refractivity contribution in [2.75, 3.05) is 7.11 Å². The molecule has 0 heterocycles. The van der Waals surface area contributed by atoms with Crippen molar-refractivity contribution in [3.8, 4) is 11.8 Å². The number of ether oxygens (including phenoxy) is 1. The lowest BCUT2D eigenvalue weighted by Crippen LogP contribution is -2.00. The molecule has 0 amide bonds. The van der Waals surface area contributed by atoms with Crippen LogP contribution in [0.15, 0.2) is 11.6 Å². The molecular weight excluding hydrogens is 164 g/mol. The van der Waals surface area contributed by atoms with E-state index in [1.54, 1.807) is 13.0 Å². The van der Waals surface area contributed by atoms with Gasteiger partial charge in [0.2, 0.25) is 0 Å². The number of esters is 1. The standard InChI is InChI=1S/C11H16O2/c1-4-5-6-7-8-9-10(2)11(12)13-3/h9H,4-6H2,1-3H3. The van der Waals surface area contributed by atoms with Crippen LogP contribution in [0.5, 0.6) is 0 Å². The Morgan fingerprint density at radius 2 is 2.23 bits per heavy atom. The maximum atomic E-state index is 10.9. The number of hydrogen-bond acceptors (Lipinski definition) is 2. The van der Waals surface area contributed by atoms with Crippen LogP contribution in [-0.2, 0) is 9.53 Å². The van der Waals surface area contributed by atoms with Gasteiger partial charge in [-0.1, -0.05) is 25.2 Å². The van der Waals surface area contributed by atoms with Crippen LogP contribution in [0.2, 0.25) is 0 Å². The van der Waals surface area contributed by atoms with Crippen molar-refractivity contribution >= 4 is 5.97 Å². The lowest BCUT2D eigenvalue weighted by molar-refractivity contribution is -0.136. The van der Waals surface area contributed by atoms with Gasteiger partial charge in [0.05, 0.1) is 7.11 Å². The third-order valence-corrected chi connectivity index (χ3v) is 1.55. The highest BCUT2D eigenvalue weighted by atomic mass is 16.5. The van der Waals surface area contributed by atoms with E-state index in [9.17, 15) is 4.79 Å². The van der Waals surface area contributed by atoms with Crippen LogP contribution in [0, 0.1) is 11.8 Å². The Hall–Kier alpha value is -1.23. The summed E-state index contributed by atoms with van der Waals surface area (Å²) in [6.45, 7) is 3.82. The maximum Gasteiger partial charge on any atom is 0.334 e. The van der Waals surface area contributed by atoms with Gasteiger partial charge in [0.25, 0.3) is 0 Å². The number of allylic oxidation sites excluding steroid dienone is 1. The molecule has 0 aliphatic heterocycles. The average Bonchev–Trinajstić information content (AvgIpc) is 2.16. The summed E-state index contributed by atoms with van der Waals surface area (Å²) in [5.41, 5.74) is 0.548. The predicted molar refractivity (Wildman–Crippen MR) is 53.1 cm³/mol. The van der Waals surface area contributed by atoms with Gasteiger partial charge in [-0.2, -0.15) is 0 Å². The van der Waals surface area contributed by atoms with Crippen molar-refractivity contribution in [1.29, 1.82) is 0 Å². The van der Waals surface area contributed by atoms with Gasteiger partial charge in [0.15, 0.2) is 0 Å². The van der Waals surface area contributed by atoms with E-state index in [4.69, 9.17) is 0 Å². The third kappa shape index (κ3) is 5.98. The second kappa shape index (κ2) is 7.42. The molecule has 0 rings (SSSR count). The molecule has 0 aliphatic carbocycles. The summed E-state index contributed by atoms with van der Waals surface area (Å²) in [5.74, 6) is 5.47. The lowest BCUT2D eigenvalue weighted by Gasteiger charge is -1.93. The van der Waals surface area contributed by atoms with Crippen LogP contribution in [0.1, 0.15) is 33.1 Å². The number of hydrogen-bond donors (Lipinski definition) is 0. The van der Waals surface area contributed by atoms with E-state index in [1.807, 2.05) is 0 Å². The summed E-state index contributed by atoms with van der Waals surface area (Å²) in [6, 6.07) is 0. The topological polar surface area (TPSA) is 26.3 Å². The van der Waals surface area contributed by atoms with Crippen molar-refractivity contribution in [1.82, 2.24) is 0 Å². The molecule has 0 radical (unpaired) electrons. The second-order valence-electron chi connectivity index (χ2n) is 2.74. The van der Waals surface area contributed by atoms with Gasteiger partial charge in [0, 0.05) is 12.0 Å². The molecule has 0 aromatic heterocycles. The van der Waals surface area contributed by atoms with Gasteiger partial charge in [0.1, 0.15) is 0 Å². The lowest BCUT2D eigenvalue weighted by atomic mass is 10.2. The minimum Gasteiger partial charge on any atom is -0.466 e. The van der Waals surface area contributed by atoms with Crippen LogP contribution in [0.4, 0.5) is 0 Å². The summed E-state index contributed by atoms with van der Waals surface area (Å²) in [6.07, 6.45) is 4.75. The van der Waals surface area contributed by atoms with Crippen molar-refractivity contribution in [2.45, 2.75) is 33.1 Å². The molecular formula is C11H16O2. The van der Waals surface area contributed by atoms with E-state index in [1.165, 1.54) is 7.11 Å². The Morgan fingerprint density at radius 1 is 1.54 bits per heavy atom. The quantitative estimate of drug-likeness (QED) is 0.288. The Balaban J connectivity index is 3.92. The smallest absolute Gasteiger partial charge is 0.334 e. The number of carbonyl (C=O) groups excluding carboxylic acids is 1. The van der Waals surface area contributed by atoms with Crippen LogP contribution < -0.4 is 0 Å². The second-order valence-corrected chi connectivity index (χ2v) is 2.74. The molecule has 72 valence electrons. The highest BCUT2D eigenvalue weighted by Gasteiger charge is 1.99. The van der Waals surface area contributed by atoms with Gasteiger partial charge in [-0.15, -0.1) is 0 Å². The van der Waals surface area contributed by atoms with E-state index in [0.717, 1.165) is 19.3 Å². The zero-order chi connectivity index (χ0) is 10.1. The van der Waals surface area contributed by atoms with E-state index >= 15 is 0 Å². The van der Waals surface area contributed by atoms with Crippen LogP contribution in [-0.4, -0.2) is 13.1 Å². The van der Waals surface area contributed by atoms with Gasteiger partial charge in [-0.25, -0.2) is 4.79 Å². The molecule has 0 saturated carbocycles. The molecule has 0 saturated heterocycles. The summed E-state index contributed by atoms with van der Waals surface area (Å²) < 4.78 is 4.52. The molecule has 0 N–H and O–H groups in total. The Labute approximate surface area is 80.0 Å². The Morgan fingerprint density at radius 3 is 2.77 bits per heavy atom. The molecule has 0 aliphatic rings. The number of methoxy groups -OCH3 is 1. The third-order valence-electron chi connectivity index (χ3n) is 1.55. The van der Waals surface area contributed by atoms with Crippen molar-refractivity contribution in [2.24, 2.45) is 0 Å². The van der Waals surface area contributed by atoms with E-state index in [2.05, 4.69) is 23.5 Å². The first-order valence-corrected chi connectivity index (χ1v) is 4.45. The van der Waals surface area contributed by atoms with Gasteiger partial charge in [-0.3, -0.25) is 0 Å². The average molecular weight is 180 g/mol. The van der Waals surface area contributed by atoms with Gasteiger partial charge in [-0.05, 0) is 19.4 Å². The zero-order valence-corrected chi connectivity index (χ0v) is 8.52. The molecule has 2 heteroatoms. The molecule has 0 aromatic carbocycles. The maximum absolute atomic E-state index is 10.9. The summed E-state index contributed by atoms with van der Waals surface area (Å²) in [7, 11) is 1.37. The predicted octanol–water partition coefficient (Wildman–Crippen LogP) is 2.30. The fourth-order valence-corrected chi connectivity index (χ4v) is 0.717. The number of rotatable bonds is 3. The highest BCUT2D eigenvalue weighted by Crippen LogP contribution is 1.94. The van der Waals surface area contributed by atoms with Crippen LogP contribution in [0.3, 0.4) is 0 Å². The molecule has 0 unspecified atom stereocenters. The zero-order valence-electron chi connectivity index (χ0n) is 8.52. The van der Waals surface area contributed by atoms with Crippen LogP contribution >= 0.6 is 0 Å². The largest absolute Gasteiger partial charge is 0.466 e. The molecule has 0 fully saturated rings. The summed E-state index contributed by atoms with van der Waals surface area (Å²) in [4.78, 5) is 10.9. The molecule has 0 spiro atoms. The highest BCUT2D eigenvalue weighted by molar-refractivity contribution is 5.88. The summed E-state index contributed by atoms with van der Waals surface area (Å²) in [5, 5.41) is 0. The van der Waals surface area contributed by atoms with E-state index in [0.29, 0.717) is 5.57 Å². The molecule has 0 bridgehead atoms. The molecule has 0 atom stereocenters. The number of carbonyl (C=O) groups is 1. The number of unbranched alkanes of at least 4 members (excludes halogenated alkanes) is 2. The minimum atomic E-state index is -0.315. The first-order chi connectivity index (χ1) is 6.22. The normalized spacial score (nSPS) is 10.2. The van der Waals surface area contributed by atoms with Crippen molar-refractivity contribution in [3.05, 3.63) is 11.6 Å². The van der Waals surface area contributed by atoms with Crippen LogP contribution in [0.25, 0.3) is 0 Å². The molecule has 13 heavy (non-hydrogen) atoms. The summed E-state index contributed by atoms with van der Waals surface area (Å²) >= 11 is 0. The SMILES string of the molecule is CCCCC#CC=C(C)C(=O)OC. The van der Waals surface area contributed by atoms with E-state index < -0.39 is 0 Å². The fourth-order valence-electron chi connectivity index (χ4n) is 0.717. The Bertz CT molecular complexity index is 241. The monoisotopic (exact) mass is 180 g/mol. The minimum absolute atomic E-state index is 0.315. The van der Waals surface area contributed by atoms with Crippen molar-refractivity contribution < 1.29 is 9.53 Å². The van der Waals surface area contributed by atoms with E-state index in [-0.39, 0.29) is 5.97 Å². The molecule has 0 aromatic rings. The van der Waals surface area contributed by atoms with Gasteiger partial charge < -0.3 is 4.74 Å².